The van der Waals surface area contributed by atoms with Crippen molar-refractivity contribution in [1.29, 1.82) is 0 Å². The highest BCUT2D eigenvalue weighted by atomic mass is 16.5. The maximum Gasteiger partial charge on any atom is 0.335 e. The number of carboxylic acid groups (broad SMARTS) is 1. The molecule has 0 amide bonds. The maximum atomic E-state index is 10.9. The third-order valence-electron chi connectivity index (χ3n) is 5.09. The molecule has 1 N–H and O–H groups in total. The lowest BCUT2D eigenvalue weighted by Gasteiger charge is -2.08. The first kappa shape index (κ1) is 22.0. The first-order chi connectivity index (χ1) is 13.7. The Labute approximate surface area is 169 Å². The molecule has 3 nitrogen and oxygen atoms in total. The van der Waals surface area contributed by atoms with E-state index in [9.17, 15) is 4.79 Å². The molecule has 0 bridgehead atoms. The Balaban J connectivity index is 1.59. The van der Waals surface area contributed by atoms with Gasteiger partial charge in [-0.15, -0.1) is 0 Å². The molecule has 0 radical (unpaired) electrons. The molecule has 0 aliphatic rings. The molecule has 0 saturated heterocycles. The molecule has 3 heteroatoms. The van der Waals surface area contributed by atoms with E-state index >= 15 is 0 Å². The monoisotopic (exact) mass is 382 g/mol. The van der Waals surface area contributed by atoms with Crippen LogP contribution in [-0.4, -0.2) is 17.7 Å². The number of hydrogen-bond donors (Lipinski definition) is 1. The van der Waals surface area contributed by atoms with Crippen molar-refractivity contribution in [2.24, 2.45) is 0 Å². The van der Waals surface area contributed by atoms with Crippen molar-refractivity contribution in [2.75, 3.05) is 6.61 Å². The molecule has 2 aromatic rings. The van der Waals surface area contributed by atoms with Gasteiger partial charge in [0.25, 0.3) is 0 Å². The highest BCUT2D eigenvalue weighted by Gasteiger charge is 2.03. The SMILES string of the molecule is CCCCCCCCCCCCOc1ccc(-c2ccc(C(=O)O)cc2)cc1. The summed E-state index contributed by atoms with van der Waals surface area (Å²) in [5, 5.41) is 8.97. The second-order valence-electron chi connectivity index (χ2n) is 7.44. The molecule has 28 heavy (non-hydrogen) atoms. The average Bonchev–Trinajstić information content (AvgIpc) is 2.72. The molecule has 0 heterocycles. The molecular formula is C25H34O3. The number of carboxylic acids is 1. The van der Waals surface area contributed by atoms with Crippen molar-refractivity contribution in [3.05, 3.63) is 54.1 Å². The predicted octanol–water partition coefficient (Wildman–Crippen LogP) is 7.35. The van der Waals surface area contributed by atoms with Gasteiger partial charge in [0.2, 0.25) is 0 Å². The second kappa shape index (κ2) is 13.0. The van der Waals surface area contributed by atoms with E-state index < -0.39 is 5.97 Å². The van der Waals surface area contributed by atoms with Crippen molar-refractivity contribution >= 4 is 5.97 Å². The number of ether oxygens (including phenoxy) is 1. The zero-order valence-electron chi connectivity index (χ0n) is 17.2. The van der Waals surface area contributed by atoms with Crippen molar-refractivity contribution in [1.82, 2.24) is 0 Å². The summed E-state index contributed by atoms with van der Waals surface area (Å²) < 4.78 is 5.84. The number of carbonyl (C=O) groups is 1. The summed E-state index contributed by atoms with van der Waals surface area (Å²) in [5.74, 6) is -0.0101. The Kier molecular flexibility index (Phi) is 10.2. The van der Waals surface area contributed by atoms with Gasteiger partial charge in [0.05, 0.1) is 12.2 Å². The van der Waals surface area contributed by atoms with Crippen LogP contribution >= 0.6 is 0 Å². The quantitative estimate of drug-likeness (QED) is 0.347. The summed E-state index contributed by atoms with van der Waals surface area (Å²) in [6.45, 7) is 3.03. The lowest BCUT2D eigenvalue weighted by Crippen LogP contribution is -1.97. The second-order valence-corrected chi connectivity index (χ2v) is 7.44. The number of unbranched alkanes of at least 4 members (excludes halogenated alkanes) is 9. The molecule has 0 saturated carbocycles. The highest BCUT2D eigenvalue weighted by molar-refractivity contribution is 5.88. The minimum absolute atomic E-state index is 0.306. The molecule has 2 rings (SSSR count). The van der Waals surface area contributed by atoms with Crippen LogP contribution in [0.3, 0.4) is 0 Å². The molecule has 0 aliphatic carbocycles. The van der Waals surface area contributed by atoms with E-state index in [1.165, 1.54) is 57.8 Å². The van der Waals surface area contributed by atoms with Crippen molar-refractivity contribution in [3.8, 4) is 16.9 Å². The lowest BCUT2D eigenvalue weighted by molar-refractivity contribution is 0.0697. The van der Waals surface area contributed by atoms with Gasteiger partial charge in [0, 0.05) is 0 Å². The Morgan fingerprint density at radius 3 is 1.68 bits per heavy atom. The number of benzene rings is 2. The molecule has 0 fully saturated rings. The lowest BCUT2D eigenvalue weighted by atomic mass is 10.0. The van der Waals surface area contributed by atoms with Gasteiger partial charge in [0.1, 0.15) is 5.75 Å². The van der Waals surface area contributed by atoms with Crippen LogP contribution in [0.15, 0.2) is 48.5 Å². The summed E-state index contributed by atoms with van der Waals surface area (Å²) >= 11 is 0. The van der Waals surface area contributed by atoms with Crippen LogP contribution in [-0.2, 0) is 0 Å². The zero-order chi connectivity index (χ0) is 20.0. The van der Waals surface area contributed by atoms with E-state index in [-0.39, 0.29) is 0 Å². The van der Waals surface area contributed by atoms with Crippen LogP contribution in [0.2, 0.25) is 0 Å². The minimum atomic E-state index is -0.901. The van der Waals surface area contributed by atoms with Gasteiger partial charge in [-0.1, -0.05) is 89.0 Å². The number of aromatic carboxylic acids is 1. The maximum absolute atomic E-state index is 10.9. The van der Waals surface area contributed by atoms with Gasteiger partial charge >= 0.3 is 5.97 Å². The normalized spacial score (nSPS) is 10.8. The van der Waals surface area contributed by atoms with E-state index in [2.05, 4.69) is 6.92 Å². The summed E-state index contributed by atoms with van der Waals surface area (Å²) in [7, 11) is 0. The fourth-order valence-corrected chi connectivity index (χ4v) is 3.33. The van der Waals surface area contributed by atoms with Crippen LogP contribution in [0.1, 0.15) is 81.5 Å². The fraction of sp³-hybridized carbons (Fsp3) is 0.480. The van der Waals surface area contributed by atoms with Crippen LogP contribution in [0.4, 0.5) is 0 Å². The Hall–Kier alpha value is -2.29. The van der Waals surface area contributed by atoms with Crippen molar-refractivity contribution in [2.45, 2.75) is 71.1 Å². The van der Waals surface area contributed by atoms with E-state index in [1.54, 1.807) is 12.1 Å². The first-order valence-corrected chi connectivity index (χ1v) is 10.8. The molecule has 0 aromatic heterocycles. The van der Waals surface area contributed by atoms with Crippen LogP contribution in [0.25, 0.3) is 11.1 Å². The van der Waals surface area contributed by atoms with Gasteiger partial charge in [-0.25, -0.2) is 4.79 Å². The molecule has 0 aliphatic heterocycles. The molecule has 2 aromatic carbocycles. The van der Waals surface area contributed by atoms with Gasteiger partial charge in [-0.05, 0) is 41.8 Å². The van der Waals surface area contributed by atoms with Gasteiger partial charge < -0.3 is 9.84 Å². The summed E-state index contributed by atoms with van der Waals surface area (Å²) in [6, 6.07) is 14.9. The molecular weight excluding hydrogens is 348 g/mol. The van der Waals surface area contributed by atoms with Gasteiger partial charge in [-0.3, -0.25) is 0 Å². The molecule has 0 unspecified atom stereocenters. The fourth-order valence-electron chi connectivity index (χ4n) is 3.33. The van der Waals surface area contributed by atoms with Crippen LogP contribution in [0.5, 0.6) is 5.75 Å². The number of hydrogen-bond acceptors (Lipinski definition) is 2. The Morgan fingerprint density at radius 2 is 1.18 bits per heavy atom. The minimum Gasteiger partial charge on any atom is -0.494 e. The molecule has 0 spiro atoms. The Bertz CT molecular complexity index is 674. The largest absolute Gasteiger partial charge is 0.494 e. The van der Waals surface area contributed by atoms with Crippen LogP contribution < -0.4 is 4.74 Å². The summed E-state index contributed by atoms with van der Waals surface area (Å²) in [5.41, 5.74) is 2.37. The zero-order valence-corrected chi connectivity index (χ0v) is 17.2. The summed E-state index contributed by atoms with van der Waals surface area (Å²) in [6.07, 6.45) is 13.3. The topological polar surface area (TPSA) is 46.5 Å². The molecule has 0 atom stereocenters. The van der Waals surface area contributed by atoms with Crippen LogP contribution in [0, 0.1) is 0 Å². The van der Waals surface area contributed by atoms with Crippen molar-refractivity contribution < 1.29 is 14.6 Å². The Morgan fingerprint density at radius 1 is 0.714 bits per heavy atom. The smallest absolute Gasteiger partial charge is 0.335 e. The van der Waals surface area contributed by atoms with E-state index in [1.807, 2.05) is 36.4 Å². The third kappa shape index (κ3) is 8.16. The van der Waals surface area contributed by atoms with E-state index in [0.717, 1.165) is 29.9 Å². The third-order valence-corrected chi connectivity index (χ3v) is 5.09. The number of rotatable bonds is 14. The molecule has 152 valence electrons. The standard InChI is InChI=1S/C25H34O3/c1-2-3-4-5-6-7-8-9-10-11-20-28-24-18-16-22(17-19-24)21-12-14-23(15-13-21)25(26)27/h12-19H,2-11,20H2,1H3,(H,26,27). The predicted molar refractivity (Wildman–Crippen MR) is 116 cm³/mol. The van der Waals surface area contributed by atoms with Gasteiger partial charge in [-0.2, -0.15) is 0 Å². The highest BCUT2D eigenvalue weighted by Crippen LogP contribution is 2.23. The van der Waals surface area contributed by atoms with E-state index in [0.29, 0.717) is 5.56 Å². The summed E-state index contributed by atoms with van der Waals surface area (Å²) in [4.78, 5) is 10.9. The average molecular weight is 383 g/mol. The first-order valence-electron chi connectivity index (χ1n) is 10.8. The van der Waals surface area contributed by atoms with Crippen molar-refractivity contribution in [3.63, 3.8) is 0 Å². The van der Waals surface area contributed by atoms with Gasteiger partial charge in [0.15, 0.2) is 0 Å². The van der Waals surface area contributed by atoms with E-state index in [4.69, 9.17) is 9.84 Å².